The zero-order valence-electron chi connectivity index (χ0n) is 41.6. The highest BCUT2D eigenvalue weighted by Crippen LogP contribution is 2.43. The number of phosphoric acid groups is 1. The molecule has 0 heterocycles. The number of hydrogen-bond donors (Lipinski definition) is 2. The lowest BCUT2D eigenvalue weighted by Gasteiger charge is -2.19. The topological polar surface area (TPSA) is 134 Å². The van der Waals surface area contributed by atoms with Crippen molar-refractivity contribution in [2.75, 3.05) is 26.4 Å². The first kappa shape index (κ1) is 61.8. The molecule has 0 bridgehead atoms. The Hall–Kier alpha value is -1.25. The highest BCUT2D eigenvalue weighted by molar-refractivity contribution is 7.47. The number of carbonyl (C=O) groups excluding carboxylic acids is 2. The minimum atomic E-state index is -4.38. The van der Waals surface area contributed by atoms with E-state index >= 15 is 0 Å². The fourth-order valence-electron chi connectivity index (χ4n) is 8.10. The maximum Gasteiger partial charge on any atom is 0.472 e. The Kier molecular flexibility index (Phi) is 49.2. The molecule has 0 aliphatic rings. The van der Waals surface area contributed by atoms with Crippen molar-refractivity contribution < 1.29 is 37.6 Å². The molecule has 2 unspecified atom stereocenters. The third-order valence-corrected chi connectivity index (χ3v) is 13.1. The Morgan fingerprint density at radius 2 is 0.778 bits per heavy atom. The summed E-state index contributed by atoms with van der Waals surface area (Å²) in [6, 6.07) is 0. The van der Waals surface area contributed by atoms with Crippen molar-refractivity contribution in [3.05, 3.63) is 12.2 Å². The number of unbranched alkanes of at least 4 members (excludes halogenated alkanes) is 37. The fourth-order valence-corrected chi connectivity index (χ4v) is 8.87. The minimum absolute atomic E-state index is 0.0567. The normalized spacial score (nSPS) is 13.1. The number of phosphoric ester groups is 1. The van der Waals surface area contributed by atoms with Crippen LogP contribution in [0.3, 0.4) is 0 Å². The van der Waals surface area contributed by atoms with Gasteiger partial charge in [-0.3, -0.25) is 18.6 Å². The average molecular weight is 914 g/mol. The number of carbonyl (C=O) groups is 2. The van der Waals surface area contributed by atoms with Gasteiger partial charge in [-0.2, -0.15) is 0 Å². The number of rotatable bonds is 52. The van der Waals surface area contributed by atoms with E-state index in [1.165, 1.54) is 218 Å². The maximum absolute atomic E-state index is 12.7. The second-order valence-corrected chi connectivity index (χ2v) is 19.9. The van der Waals surface area contributed by atoms with Gasteiger partial charge in [-0.1, -0.05) is 244 Å². The van der Waals surface area contributed by atoms with Gasteiger partial charge in [0.15, 0.2) is 6.10 Å². The second kappa shape index (κ2) is 50.2. The Balaban J connectivity index is 3.97. The number of allylic oxidation sites excluding steroid dienone is 2. The van der Waals surface area contributed by atoms with Gasteiger partial charge in [0, 0.05) is 19.4 Å². The van der Waals surface area contributed by atoms with Crippen LogP contribution in [0.25, 0.3) is 0 Å². The summed E-state index contributed by atoms with van der Waals surface area (Å²) in [4.78, 5) is 35.1. The van der Waals surface area contributed by atoms with Gasteiger partial charge in [0.25, 0.3) is 0 Å². The van der Waals surface area contributed by atoms with Gasteiger partial charge in [0.2, 0.25) is 0 Å². The molecule has 3 N–H and O–H groups in total. The molecule has 0 spiro atoms. The summed E-state index contributed by atoms with van der Waals surface area (Å²) in [6.07, 6.45) is 55.4. The summed E-state index contributed by atoms with van der Waals surface area (Å²) in [5.41, 5.74) is 5.37. The second-order valence-electron chi connectivity index (χ2n) is 18.5. The van der Waals surface area contributed by atoms with Gasteiger partial charge in [-0.15, -0.1) is 0 Å². The summed E-state index contributed by atoms with van der Waals surface area (Å²) >= 11 is 0. The molecule has 9 nitrogen and oxygen atoms in total. The molecule has 0 aromatic rings. The Morgan fingerprint density at radius 1 is 0.460 bits per heavy atom. The zero-order valence-corrected chi connectivity index (χ0v) is 42.5. The van der Waals surface area contributed by atoms with Crippen LogP contribution in [0.4, 0.5) is 0 Å². The van der Waals surface area contributed by atoms with Gasteiger partial charge in [-0.25, -0.2) is 4.57 Å². The monoisotopic (exact) mass is 914 g/mol. The largest absolute Gasteiger partial charge is 0.472 e. The molecular weight excluding hydrogens is 810 g/mol. The van der Waals surface area contributed by atoms with E-state index in [2.05, 4.69) is 26.0 Å². The van der Waals surface area contributed by atoms with Crippen molar-refractivity contribution in [1.82, 2.24) is 0 Å². The third kappa shape index (κ3) is 50.0. The molecule has 0 radical (unpaired) electrons. The quantitative estimate of drug-likeness (QED) is 0.0265. The molecule has 0 saturated carbocycles. The van der Waals surface area contributed by atoms with Gasteiger partial charge < -0.3 is 20.1 Å². The van der Waals surface area contributed by atoms with Crippen LogP contribution in [0.1, 0.15) is 284 Å². The molecule has 2 atom stereocenters. The molecule has 10 heteroatoms. The number of hydrogen-bond acceptors (Lipinski definition) is 8. The first-order valence-corrected chi connectivity index (χ1v) is 28.7. The molecule has 0 aromatic heterocycles. The van der Waals surface area contributed by atoms with Crippen LogP contribution < -0.4 is 5.73 Å². The molecule has 0 fully saturated rings. The lowest BCUT2D eigenvalue weighted by Crippen LogP contribution is -2.29. The van der Waals surface area contributed by atoms with Crippen LogP contribution >= 0.6 is 7.82 Å². The lowest BCUT2D eigenvalue weighted by atomic mass is 10.0. The van der Waals surface area contributed by atoms with Crippen molar-refractivity contribution in [3.63, 3.8) is 0 Å². The van der Waals surface area contributed by atoms with Crippen LogP contribution in [0.2, 0.25) is 0 Å². The molecule has 63 heavy (non-hydrogen) atoms. The van der Waals surface area contributed by atoms with Crippen molar-refractivity contribution in [2.45, 2.75) is 290 Å². The third-order valence-electron chi connectivity index (χ3n) is 12.2. The number of esters is 2. The number of nitrogens with two attached hydrogens (primary N) is 1. The van der Waals surface area contributed by atoms with Crippen molar-refractivity contribution in [3.8, 4) is 0 Å². The summed E-state index contributed by atoms with van der Waals surface area (Å²) in [5.74, 6) is -0.810. The zero-order chi connectivity index (χ0) is 46.0. The SMILES string of the molecule is CCCCCCCCC=CCCCCCCCCCCCCCC(=O)OC(COC(=O)CCCCCCCCCCCCCCCCCCCCCCC)COP(=O)(O)OCCN. The van der Waals surface area contributed by atoms with Crippen molar-refractivity contribution >= 4 is 19.8 Å². The fraction of sp³-hybridized carbons (Fsp3) is 0.925. The molecule has 0 amide bonds. The average Bonchev–Trinajstić information content (AvgIpc) is 3.27. The predicted molar refractivity (Wildman–Crippen MR) is 266 cm³/mol. The molecule has 0 aliphatic heterocycles. The summed E-state index contributed by atoms with van der Waals surface area (Å²) in [5, 5.41) is 0. The van der Waals surface area contributed by atoms with E-state index in [1.54, 1.807) is 0 Å². The van der Waals surface area contributed by atoms with E-state index in [-0.39, 0.29) is 38.6 Å². The smallest absolute Gasteiger partial charge is 0.462 e. The lowest BCUT2D eigenvalue weighted by molar-refractivity contribution is -0.161. The minimum Gasteiger partial charge on any atom is -0.462 e. The summed E-state index contributed by atoms with van der Waals surface area (Å²) < 4.78 is 33.0. The molecule has 0 rings (SSSR count). The van der Waals surface area contributed by atoms with E-state index in [1.807, 2.05) is 0 Å². The van der Waals surface area contributed by atoms with E-state index in [4.69, 9.17) is 24.3 Å². The van der Waals surface area contributed by atoms with Crippen LogP contribution in [0, 0.1) is 0 Å². The first-order valence-electron chi connectivity index (χ1n) is 27.2. The Labute approximate surface area is 389 Å². The maximum atomic E-state index is 12.7. The van der Waals surface area contributed by atoms with Crippen LogP contribution in [0.5, 0.6) is 0 Å². The van der Waals surface area contributed by atoms with E-state index in [0.29, 0.717) is 6.42 Å². The summed E-state index contributed by atoms with van der Waals surface area (Å²) in [6.45, 7) is 3.80. The van der Waals surface area contributed by atoms with Crippen molar-refractivity contribution in [2.24, 2.45) is 5.73 Å². The molecular formula is C53H104NO8P. The van der Waals surface area contributed by atoms with E-state index in [0.717, 1.165) is 32.1 Å². The van der Waals surface area contributed by atoms with Crippen molar-refractivity contribution in [1.29, 1.82) is 0 Å². The summed E-state index contributed by atoms with van der Waals surface area (Å²) in [7, 11) is -4.38. The van der Waals surface area contributed by atoms with Gasteiger partial charge in [0.05, 0.1) is 13.2 Å². The Morgan fingerprint density at radius 3 is 1.13 bits per heavy atom. The molecule has 374 valence electrons. The predicted octanol–water partition coefficient (Wildman–Crippen LogP) is 16.5. The van der Waals surface area contributed by atoms with Crippen LogP contribution in [-0.4, -0.2) is 49.3 Å². The highest BCUT2D eigenvalue weighted by atomic mass is 31.2. The van der Waals surface area contributed by atoms with Crippen LogP contribution in [-0.2, 0) is 32.7 Å². The van der Waals surface area contributed by atoms with E-state index in [9.17, 15) is 19.0 Å². The van der Waals surface area contributed by atoms with Gasteiger partial charge in [0.1, 0.15) is 6.61 Å². The molecule has 0 aromatic carbocycles. The Bertz CT molecular complexity index is 1040. The molecule has 0 saturated heterocycles. The molecule has 0 aliphatic carbocycles. The first-order chi connectivity index (χ1) is 30.8. The van der Waals surface area contributed by atoms with Gasteiger partial charge in [-0.05, 0) is 38.5 Å². The van der Waals surface area contributed by atoms with Crippen LogP contribution in [0.15, 0.2) is 12.2 Å². The standard InChI is InChI=1S/C53H104NO8P/c1-3-5-7-9-11-13-15-17-19-21-23-25-27-29-31-33-35-37-39-41-43-45-52(55)59-49-51(50-61-63(57,58)60-48-47-54)62-53(56)46-44-42-40-38-36-34-32-30-28-26-24-22-20-18-16-14-12-10-8-6-4-2/h18,20,51H,3-17,19,21-50,54H2,1-2H3,(H,57,58). The highest BCUT2D eigenvalue weighted by Gasteiger charge is 2.26. The van der Waals surface area contributed by atoms with E-state index < -0.39 is 26.5 Å². The van der Waals surface area contributed by atoms with Gasteiger partial charge >= 0.3 is 19.8 Å². The number of ether oxygens (including phenoxy) is 2.